The summed E-state index contributed by atoms with van der Waals surface area (Å²) in [4.78, 5) is 14.0. The molecular formula is C20H24N2O5. The highest BCUT2D eigenvalue weighted by Gasteiger charge is 2.14. The Morgan fingerprint density at radius 2 is 2.04 bits per heavy atom. The fraction of sp³-hybridized carbons (Fsp3) is 0.400. The summed E-state index contributed by atoms with van der Waals surface area (Å²) in [6.45, 7) is 6.51. The Morgan fingerprint density at radius 3 is 2.70 bits per heavy atom. The van der Waals surface area contributed by atoms with E-state index in [1.165, 1.54) is 0 Å². The van der Waals surface area contributed by atoms with Gasteiger partial charge in [0.15, 0.2) is 11.5 Å². The van der Waals surface area contributed by atoms with Crippen LogP contribution >= 0.6 is 0 Å². The number of nitrogens with zero attached hydrogens (tertiary/aromatic N) is 2. The predicted octanol–water partition coefficient (Wildman–Crippen LogP) is 2.75. The van der Waals surface area contributed by atoms with E-state index in [2.05, 4.69) is 5.16 Å². The average Bonchev–Trinajstić information content (AvgIpc) is 3.03. The molecule has 0 aliphatic carbocycles. The predicted molar refractivity (Wildman–Crippen MR) is 99.7 cm³/mol. The number of carbonyl (C=O) groups is 1. The van der Waals surface area contributed by atoms with Gasteiger partial charge in [-0.2, -0.15) is 0 Å². The average molecular weight is 372 g/mol. The summed E-state index contributed by atoms with van der Waals surface area (Å²) in [7, 11) is 1.59. The molecule has 1 aliphatic heterocycles. The molecule has 1 fully saturated rings. The number of hydrogen-bond donors (Lipinski definition) is 0. The fourth-order valence-corrected chi connectivity index (χ4v) is 2.82. The summed E-state index contributed by atoms with van der Waals surface area (Å²) in [5.74, 6) is 1.94. The number of morpholine rings is 1. The summed E-state index contributed by atoms with van der Waals surface area (Å²) < 4.78 is 21.7. The van der Waals surface area contributed by atoms with Gasteiger partial charge in [-0.15, -0.1) is 0 Å². The van der Waals surface area contributed by atoms with Crippen LogP contribution in [0.2, 0.25) is 0 Å². The third-order valence-corrected chi connectivity index (χ3v) is 4.48. The van der Waals surface area contributed by atoms with Crippen LogP contribution in [0.4, 0.5) is 0 Å². The Hall–Kier alpha value is -2.80. The molecule has 7 nitrogen and oxygen atoms in total. The first kappa shape index (κ1) is 19.0. The van der Waals surface area contributed by atoms with Crippen LogP contribution in [-0.4, -0.2) is 49.4 Å². The Kier molecular flexibility index (Phi) is 6.13. The van der Waals surface area contributed by atoms with Gasteiger partial charge in [-0.25, -0.2) is 0 Å². The van der Waals surface area contributed by atoms with Gasteiger partial charge in [0.1, 0.15) is 12.4 Å². The SMILES string of the molecule is COc1cc(/C=C/C(=O)N2CCOCC2)ccc1OCc1c(C)noc1C. The van der Waals surface area contributed by atoms with Gasteiger partial charge in [0.2, 0.25) is 5.91 Å². The van der Waals surface area contributed by atoms with Crippen molar-refractivity contribution in [1.82, 2.24) is 10.1 Å². The number of amides is 1. The Labute approximate surface area is 158 Å². The van der Waals surface area contributed by atoms with Gasteiger partial charge >= 0.3 is 0 Å². The molecular weight excluding hydrogens is 348 g/mol. The lowest BCUT2D eigenvalue weighted by molar-refractivity contribution is -0.129. The summed E-state index contributed by atoms with van der Waals surface area (Å²) in [5.41, 5.74) is 2.60. The van der Waals surface area contributed by atoms with Crippen LogP contribution in [0.5, 0.6) is 11.5 Å². The lowest BCUT2D eigenvalue weighted by Gasteiger charge is -2.25. The molecule has 2 aromatic rings. The number of aromatic nitrogens is 1. The van der Waals surface area contributed by atoms with E-state index in [9.17, 15) is 4.79 Å². The molecule has 1 amide bonds. The molecule has 2 heterocycles. The number of ether oxygens (including phenoxy) is 3. The highest BCUT2D eigenvalue weighted by Crippen LogP contribution is 2.30. The van der Waals surface area contributed by atoms with E-state index in [0.717, 1.165) is 22.6 Å². The molecule has 1 aliphatic rings. The monoisotopic (exact) mass is 372 g/mol. The standard InChI is InChI=1S/C20H24N2O5/c1-14-17(15(2)27-21-14)13-26-18-6-4-16(12-19(18)24-3)5-7-20(23)22-8-10-25-11-9-22/h4-7,12H,8-11,13H2,1-3H3/b7-5+. The Balaban J connectivity index is 1.66. The smallest absolute Gasteiger partial charge is 0.246 e. The van der Waals surface area contributed by atoms with Crippen molar-refractivity contribution in [3.8, 4) is 11.5 Å². The number of methoxy groups -OCH3 is 1. The Morgan fingerprint density at radius 1 is 1.26 bits per heavy atom. The van der Waals surface area contributed by atoms with E-state index in [4.69, 9.17) is 18.7 Å². The highest BCUT2D eigenvalue weighted by atomic mass is 16.5. The van der Waals surface area contributed by atoms with Crippen molar-refractivity contribution in [2.24, 2.45) is 0 Å². The van der Waals surface area contributed by atoms with Crippen LogP contribution in [0.3, 0.4) is 0 Å². The largest absolute Gasteiger partial charge is 0.493 e. The van der Waals surface area contributed by atoms with Crippen molar-refractivity contribution in [1.29, 1.82) is 0 Å². The van der Waals surface area contributed by atoms with Crippen molar-refractivity contribution < 1.29 is 23.5 Å². The van der Waals surface area contributed by atoms with Gasteiger partial charge < -0.3 is 23.6 Å². The topological polar surface area (TPSA) is 74.0 Å². The van der Waals surface area contributed by atoms with Crippen LogP contribution in [0.15, 0.2) is 28.8 Å². The number of aryl methyl sites for hydroxylation is 2. The quantitative estimate of drug-likeness (QED) is 0.726. The maximum atomic E-state index is 12.2. The van der Waals surface area contributed by atoms with Crippen molar-refractivity contribution in [3.63, 3.8) is 0 Å². The van der Waals surface area contributed by atoms with Gasteiger partial charge in [-0.1, -0.05) is 11.2 Å². The molecule has 27 heavy (non-hydrogen) atoms. The molecule has 0 saturated carbocycles. The van der Waals surface area contributed by atoms with E-state index >= 15 is 0 Å². The van der Waals surface area contributed by atoms with E-state index in [-0.39, 0.29) is 5.91 Å². The molecule has 0 N–H and O–H groups in total. The molecule has 0 unspecified atom stereocenters. The third kappa shape index (κ3) is 4.68. The molecule has 0 bridgehead atoms. The first-order chi connectivity index (χ1) is 13.1. The second-order valence-corrected chi connectivity index (χ2v) is 6.27. The molecule has 3 rings (SSSR count). The number of carbonyl (C=O) groups excluding carboxylic acids is 1. The Bertz CT molecular complexity index is 802. The second-order valence-electron chi connectivity index (χ2n) is 6.27. The minimum atomic E-state index is -0.0176. The molecule has 0 atom stereocenters. The third-order valence-electron chi connectivity index (χ3n) is 4.48. The minimum Gasteiger partial charge on any atom is -0.493 e. The summed E-state index contributed by atoms with van der Waals surface area (Å²) in [6, 6.07) is 5.55. The van der Waals surface area contributed by atoms with Crippen molar-refractivity contribution >= 4 is 12.0 Å². The minimum absolute atomic E-state index is 0.0176. The van der Waals surface area contributed by atoms with Gasteiger partial charge in [0.05, 0.1) is 31.6 Å². The van der Waals surface area contributed by atoms with Crippen molar-refractivity contribution in [2.75, 3.05) is 33.4 Å². The maximum Gasteiger partial charge on any atom is 0.246 e. The molecule has 0 radical (unpaired) electrons. The zero-order chi connectivity index (χ0) is 19.2. The van der Waals surface area contributed by atoms with Crippen LogP contribution in [0, 0.1) is 13.8 Å². The van der Waals surface area contributed by atoms with Gasteiger partial charge in [-0.3, -0.25) is 4.79 Å². The lowest BCUT2D eigenvalue weighted by Crippen LogP contribution is -2.39. The van der Waals surface area contributed by atoms with E-state index in [1.807, 2.05) is 32.0 Å². The second kappa shape index (κ2) is 8.73. The first-order valence-corrected chi connectivity index (χ1v) is 8.86. The molecule has 0 spiro atoms. The molecule has 1 aromatic carbocycles. The zero-order valence-electron chi connectivity index (χ0n) is 15.9. The first-order valence-electron chi connectivity index (χ1n) is 8.86. The van der Waals surface area contributed by atoms with E-state index < -0.39 is 0 Å². The number of hydrogen-bond acceptors (Lipinski definition) is 6. The van der Waals surface area contributed by atoms with E-state index in [0.29, 0.717) is 44.4 Å². The van der Waals surface area contributed by atoms with Gasteiger partial charge in [-0.05, 0) is 37.6 Å². The number of rotatable bonds is 6. The van der Waals surface area contributed by atoms with Crippen LogP contribution in [0.25, 0.3) is 6.08 Å². The zero-order valence-corrected chi connectivity index (χ0v) is 15.9. The summed E-state index contributed by atoms with van der Waals surface area (Å²) in [6.07, 6.45) is 3.35. The molecule has 1 saturated heterocycles. The van der Waals surface area contributed by atoms with E-state index in [1.54, 1.807) is 24.2 Å². The van der Waals surface area contributed by atoms with Crippen molar-refractivity contribution in [2.45, 2.75) is 20.5 Å². The fourth-order valence-electron chi connectivity index (χ4n) is 2.82. The molecule has 1 aromatic heterocycles. The lowest BCUT2D eigenvalue weighted by atomic mass is 10.1. The van der Waals surface area contributed by atoms with Crippen LogP contribution < -0.4 is 9.47 Å². The highest BCUT2D eigenvalue weighted by molar-refractivity contribution is 5.91. The van der Waals surface area contributed by atoms with Gasteiger partial charge in [0, 0.05) is 19.2 Å². The molecule has 144 valence electrons. The van der Waals surface area contributed by atoms with Crippen molar-refractivity contribution in [3.05, 3.63) is 46.9 Å². The normalized spacial score (nSPS) is 14.6. The number of benzene rings is 1. The maximum absolute atomic E-state index is 12.2. The van der Waals surface area contributed by atoms with Crippen LogP contribution in [0.1, 0.15) is 22.6 Å². The van der Waals surface area contributed by atoms with Gasteiger partial charge in [0.25, 0.3) is 0 Å². The summed E-state index contributed by atoms with van der Waals surface area (Å²) >= 11 is 0. The molecule has 7 heteroatoms. The summed E-state index contributed by atoms with van der Waals surface area (Å²) in [5, 5.41) is 3.93. The van der Waals surface area contributed by atoms with Crippen LogP contribution in [-0.2, 0) is 16.1 Å².